The normalized spacial score (nSPS) is 16.5. The van der Waals surface area contributed by atoms with Crippen LogP contribution in [0.25, 0.3) is 22.3 Å². The summed E-state index contributed by atoms with van der Waals surface area (Å²) >= 11 is 0. The predicted molar refractivity (Wildman–Crippen MR) is 137 cm³/mol. The molecule has 0 bridgehead atoms. The van der Waals surface area contributed by atoms with E-state index in [9.17, 15) is 9.59 Å². The van der Waals surface area contributed by atoms with Crippen molar-refractivity contribution in [1.82, 2.24) is 0 Å². The van der Waals surface area contributed by atoms with E-state index in [0.717, 1.165) is 22.3 Å². The molecule has 1 aliphatic rings. The summed E-state index contributed by atoms with van der Waals surface area (Å²) in [5.41, 5.74) is 6.40. The van der Waals surface area contributed by atoms with Crippen LogP contribution in [0.5, 0.6) is 0 Å². The van der Waals surface area contributed by atoms with Gasteiger partial charge in [-0.05, 0) is 46.5 Å². The van der Waals surface area contributed by atoms with E-state index in [-0.39, 0.29) is 11.8 Å². The van der Waals surface area contributed by atoms with Crippen LogP contribution in [0.15, 0.2) is 121 Å². The van der Waals surface area contributed by atoms with Gasteiger partial charge in [0.25, 0.3) is 0 Å². The van der Waals surface area contributed by atoms with Gasteiger partial charge in [-0.3, -0.25) is 9.59 Å². The molecule has 0 unspecified atom stereocenters. The fourth-order valence-corrected chi connectivity index (χ4v) is 4.15. The van der Waals surface area contributed by atoms with Gasteiger partial charge in [0.15, 0.2) is 0 Å². The van der Waals surface area contributed by atoms with Gasteiger partial charge in [-0.25, -0.2) is 0 Å². The third kappa shape index (κ3) is 4.52. The van der Waals surface area contributed by atoms with Crippen LogP contribution in [-0.4, -0.2) is 11.8 Å². The molecule has 0 saturated heterocycles. The first-order valence-corrected chi connectivity index (χ1v) is 11.2. The van der Waals surface area contributed by atoms with Gasteiger partial charge in [-0.2, -0.15) is 0 Å². The van der Waals surface area contributed by atoms with E-state index >= 15 is 0 Å². The van der Waals surface area contributed by atoms with E-state index in [2.05, 4.69) is 17.2 Å². The molecule has 0 heterocycles. The van der Waals surface area contributed by atoms with Crippen LogP contribution in [0.2, 0.25) is 0 Å². The molecule has 0 aliphatic heterocycles. The number of hydrogen-bond donors (Lipinski definition) is 2. The number of nitrogens with one attached hydrogen (secondary N) is 2. The average Bonchev–Trinajstić information content (AvgIpc) is 3.57. The van der Waals surface area contributed by atoms with Crippen LogP contribution in [0.4, 0.5) is 11.4 Å². The highest BCUT2D eigenvalue weighted by Crippen LogP contribution is 2.45. The Labute approximate surface area is 199 Å². The summed E-state index contributed by atoms with van der Waals surface area (Å²) in [6.07, 6.45) is 0. The number of benzene rings is 4. The summed E-state index contributed by atoms with van der Waals surface area (Å²) in [4.78, 5) is 25.5. The minimum atomic E-state index is -0.516. The molecule has 4 aromatic carbocycles. The second-order valence-corrected chi connectivity index (χ2v) is 8.40. The molecule has 4 aromatic rings. The monoisotopic (exact) mass is 444 g/mol. The lowest BCUT2D eigenvalue weighted by molar-refractivity contribution is -0.122. The lowest BCUT2D eigenvalue weighted by Crippen LogP contribution is -2.20. The summed E-state index contributed by atoms with van der Waals surface area (Å²) in [5.74, 6) is -1.45. The van der Waals surface area contributed by atoms with Crippen molar-refractivity contribution in [3.63, 3.8) is 0 Å². The standard InChI is InChI=1S/C30H24N2O2/c1-20-27(29(33)31-25-16-12-23(13-17-25)21-8-4-2-5-9-21)28(20)30(34)32-26-18-14-24(15-19-26)22-10-6-3-7-11-22/h2-19,27-28H,1H2,(H,31,33)(H,32,34)/t27-,28-/m1/s1. The molecule has 2 atom stereocenters. The first-order chi connectivity index (χ1) is 16.6. The number of carbonyl (C=O) groups excluding carboxylic acids is 2. The molecule has 0 spiro atoms. The number of rotatable bonds is 6. The SMILES string of the molecule is C=C1[C@@H](C(=O)Nc2ccc(-c3ccccc3)cc2)[C@@H]1C(=O)Nc1ccc(-c2ccccc2)cc1. The molecule has 34 heavy (non-hydrogen) atoms. The number of hydrogen-bond acceptors (Lipinski definition) is 2. The van der Waals surface area contributed by atoms with E-state index in [0.29, 0.717) is 16.9 Å². The molecule has 2 N–H and O–H groups in total. The molecule has 4 nitrogen and oxygen atoms in total. The number of amides is 2. The van der Waals surface area contributed by atoms with Crippen molar-refractivity contribution >= 4 is 23.2 Å². The largest absolute Gasteiger partial charge is 0.326 e. The molecule has 0 radical (unpaired) electrons. The zero-order valence-electron chi connectivity index (χ0n) is 18.6. The first-order valence-electron chi connectivity index (χ1n) is 11.2. The van der Waals surface area contributed by atoms with Crippen molar-refractivity contribution in [3.8, 4) is 22.3 Å². The topological polar surface area (TPSA) is 58.2 Å². The molecule has 5 rings (SSSR count). The highest BCUT2D eigenvalue weighted by Gasteiger charge is 2.52. The summed E-state index contributed by atoms with van der Waals surface area (Å²) in [7, 11) is 0. The van der Waals surface area contributed by atoms with E-state index < -0.39 is 11.8 Å². The third-order valence-electron chi connectivity index (χ3n) is 6.11. The second kappa shape index (κ2) is 9.20. The lowest BCUT2D eigenvalue weighted by Gasteiger charge is -2.08. The molecule has 2 amide bonds. The van der Waals surface area contributed by atoms with Crippen LogP contribution >= 0.6 is 0 Å². The highest BCUT2D eigenvalue weighted by atomic mass is 16.2. The maximum atomic E-state index is 12.8. The van der Waals surface area contributed by atoms with Crippen LogP contribution < -0.4 is 10.6 Å². The minimum absolute atomic E-state index is 0.211. The lowest BCUT2D eigenvalue weighted by atomic mass is 10.1. The van der Waals surface area contributed by atoms with E-state index in [1.54, 1.807) is 0 Å². The van der Waals surface area contributed by atoms with Gasteiger partial charge in [-0.15, -0.1) is 0 Å². The number of carbonyl (C=O) groups is 2. The maximum Gasteiger partial charge on any atom is 0.232 e. The second-order valence-electron chi connectivity index (χ2n) is 8.40. The average molecular weight is 445 g/mol. The Morgan fingerprint density at radius 1 is 0.500 bits per heavy atom. The van der Waals surface area contributed by atoms with Crippen molar-refractivity contribution in [2.24, 2.45) is 11.8 Å². The molecule has 1 fully saturated rings. The van der Waals surface area contributed by atoms with Crippen molar-refractivity contribution in [2.75, 3.05) is 10.6 Å². The molecule has 1 aliphatic carbocycles. The van der Waals surface area contributed by atoms with Crippen molar-refractivity contribution in [3.05, 3.63) is 121 Å². The quantitative estimate of drug-likeness (QED) is 0.338. The van der Waals surface area contributed by atoms with Gasteiger partial charge >= 0.3 is 0 Å². The number of anilines is 2. The highest BCUT2D eigenvalue weighted by molar-refractivity contribution is 6.08. The van der Waals surface area contributed by atoms with Gasteiger partial charge in [0.2, 0.25) is 11.8 Å². The Hall–Kier alpha value is -4.44. The fourth-order valence-electron chi connectivity index (χ4n) is 4.15. The maximum absolute atomic E-state index is 12.8. The van der Waals surface area contributed by atoms with Gasteiger partial charge in [0.05, 0.1) is 11.8 Å². The Balaban J connectivity index is 1.18. The smallest absolute Gasteiger partial charge is 0.232 e. The summed E-state index contributed by atoms with van der Waals surface area (Å²) in [5, 5.41) is 5.82. The van der Waals surface area contributed by atoms with E-state index in [1.807, 2.05) is 109 Å². The zero-order chi connectivity index (χ0) is 23.5. The molecule has 0 aromatic heterocycles. The minimum Gasteiger partial charge on any atom is -0.326 e. The van der Waals surface area contributed by atoms with E-state index in [4.69, 9.17) is 0 Å². The summed E-state index contributed by atoms with van der Waals surface area (Å²) in [6, 6.07) is 35.4. The van der Waals surface area contributed by atoms with Crippen molar-refractivity contribution in [1.29, 1.82) is 0 Å². The van der Waals surface area contributed by atoms with Crippen LogP contribution in [0.1, 0.15) is 0 Å². The van der Waals surface area contributed by atoms with Gasteiger partial charge in [-0.1, -0.05) is 97.1 Å². The first kappa shape index (κ1) is 21.4. The van der Waals surface area contributed by atoms with Gasteiger partial charge in [0, 0.05) is 11.4 Å². The Morgan fingerprint density at radius 2 is 0.824 bits per heavy atom. The van der Waals surface area contributed by atoms with Crippen molar-refractivity contribution in [2.45, 2.75) is 0 Å². The molecular formula is C30H24N2O2. The van der Waals surface area contributed by atoms with Crippen LogP contribution in [-0.2, 0) is 9.59 Å². The van der Waals surface area contributed by atoms with Gasteiger partial charge < -0.3 is 10.6 Å². The molecular weight excluding hydrogens is 420 g/mol. The Kier molecular flexibility index (Phi) is 5.79. The molecule has 1 saturated carbocycles. The Bertz CT molecular complexity index is 1220. The predicted octanol–water partition coefficient (Wildman–Crippen LogP) is 6.40. The summed E-state index contributed by atoms with van der Waals surface area (Å²) in [6.45, 7) is 3.94. The van der Waals surface area contributed by atoms with Crippen molar-refractivity contribution < 1.29 is 9.59 Å². The third-order valence-corrected chi connectivity index (χ3v) is 6.11. The molecule has 4 heteroatoms. The van der Waals surface area contributed by atoms with Gasteiger partial charge in [0.1, 0.15) is 0 Å². The molecule has 166 valence electrons. The van der Waals surface area contributed by atoms with E-state index in [1.165, 1.54) is 0 Å². The summed E-state index contributed by atoms with van der Waals surface area (Å²) < 4.78 is 0. The Morgan fingerprint density at radius 3 is 1.18 bits per heavy atom. The van der Waals surface area contributed by atoms with Crippen LogP contribution in [0.3, 0.4) is 0 Å². The zero-order valence-corrected chi connectivity index (χ0v) is 18.6. The van der Waals surface area contributed by atoms with Crippen LogP contribution in [0, 0.1) is 11.8 Å². The fraction of sp³-hybridized carbons (Fsp3) is 0.0667.